The third-order valence-electron chi connectivity index (χ3n) is 4.30. The van der Waals surface area contributed by atoms with Crippen molar-refractivity contribution >= 4 is 17.9 Å². The molecule has 0 heterocycles. The second kappa shape index (κ2) is 8.90. The van der Waals surface area contributed by atoms with Crippen molar-refractivity contribution in [2.75, 3.05) is 0 Å². The fourth-order valence-electron chi connectivity index (χ4n) is 2.41. The molecule has 3 nitrogen and oxygen atoms in total. The van der Waals surface area contributed by atoms with Crippen molar-refractivity contribution in [2.24, 2.45) is 0 Å². The number of hydrogen-bond donors (Lipinski definition) is 0. The molecule has 0 amide bonds. The number of rotatable bonds is 3. The zero-order chi connectivity index (χ0) is 20.8. The fraction of sp³-hybridized carbons (Fsp3) is 0.375. The van der Waals surface area contributed by atoms with Crippen LogP contribution in [0.5, 0.6) is 0 Å². The van der Waals surface area contributed by atoms with Crippen molar-refractivity contribution in [1.29, 1.82) is 0 Å². The highest BCUT2D eigenvalue weighted by Crippen LogP contribution is 2.23. The molecule has 0 unspecified atom stereocenters. The van der Waals surface area contributed by atoms with Crippen LogP contribution in [0, 0.1) is 0 Å². The standard InChI is InChI=1S/C12H14O2.C12H16O/c1-12(2,3)10-6-4-9(5-7-10)11(14)8-13;1-9(13)10-5-7-11(8-6-10)12(2,3)4/h4-8H,1-3H3;5-8H,1-4H3. The lowest BCUT2D eigenvalue weighted by atomic mass is 9.86. The molecule has 0 saturated carbocycles. The van der Waals surface area contributed by atoms with Gasteiger partial charge in [0.25, 0.3) is 0 Å². The van der Waals surface area contributed by atoms with Crippen LogP contribution in [0.4, 0.5) is 0 Å². The molecule has 0 spiro atoms. The second-order valence-electron chi connectivity index (χ2n) is 8.69. The summed E-state index contributed by atoms with van der Waals surface area (Å²) in [6.45, 7) is 14.4. The molecule has 0 aliphatic rings. The quantitative estimate of drug-likeness (QED) is 0.406. The predicted molar refractivity (Wildman–Crippen MR) is 111 cm³/mol. The summed E-state index contributed by atoms with van der Waals surface area (Å²) in [6, 6.07) is 15.0. The fourth-order valence-corrected chi connectivity index (χ4v) is 2.41. The average Bonchev–Trinajstić information content (AvgIpc) is 2.60. The van der Waals surface area contributed by atoms with E-state index in [0.717, 1.165) is 11.1 Å². The number of aldehydes is 1. The first kappa shape index (κ1) is 22.5. The van der Waals surface area contributed by atoms with Gasteiger partial charge in [0.15, 0.2) is 12.1 Å². The lowest BCUT2D eigenvalue weighted by Crippen LogP contribution is -2.11. The number of carbonyl (C=O) groups is 3. The van der Waals surface area contributed by atoms with Crippen molar-refractivity contribution in [2.45, 2.75) is 59.3 Å². The Labute approximate surface area is 162 Å². The number of carbonyl (C=O) groups excluding carboxylic acids is 3. The Kier molecular flexibility index (Phi) is 7.41. The van der Waals surface area contributed by atoms with E-state index in [9.17, 15) is 14.4 Å². The van der Waals surface area contributed by atoms with Crippen LogP contribution in [0.1, 0.15) is 80.3 Å². The van der Waals surface area contributed by atoms with Gasteiger partial charge in [0.1, 0.15) is 0 Å². The molecule has 3 heteroatoms. The summed E-state index contributed by atoms with van der Waals surface area (Å²) in [6.07, 6.45) is 0.339. The van der Waals surface area contributed by atoms with E-state index in [1.807, 2.05) is 36.4 Å². The molecule has 0 atom stereocenters. The van der Waals surface area contributed by atoms with E-state index >= 15 is 0 Å². The van der Waals surface area contributed by atoms with Gasteiger partial charge >= 0.3 is 0 Å². The first-order chi connectivity index (χ1) is 12.4. The molecule has 0 N–H and O–H groups in total. The van der Waals surface area contributed by atoms with E-state index in [0.29, 0.717) is 11.8 Å². The molecule has 2 rings (SSSR count). The summed E-state index contributed by atoms with van der Waals surface area (Å²) in [5, 5.41) is 0. The summed E-state index contributed by atoms with van der Waals surface area (Å²) < 4.78 is 0. The van der Waals surface area contributed by atoms with Crippen molar-refractivity contribution < 1.29 is 14.4 Å². The highest BCUT2D eigenvalue weighted by Gasteiger charge is 2.14. The maximum atomic E-state index is 11.0. The maximum Gasteiger partial charge on any atom is 0.225 e. The van der Waals surface area contributed by atoms with Crippen molar-refractivity contribution in [3.63, 3.8) is 0 Å². The summed E-state index contributed by atoms with van der Waals surface area (Å²) in [7, 11) is 0. The van der Waals surface area contributed by atoms with Gasteiger partial charge in [0, 0.05) is 11.1 Å². The zero-order valence-electron chi connectivity index (χ0n) is 17.4. The number of hydrogen-bond acceptors (Lipinski definition) is 3. The van der Waals surface area contributed by atoms with E-state index in [2.05, 4.69) is 41.5 Å². The predicted octanol–water partition coefficient (Wildman–Crippen LogP) is 5.55. The molecule has 0 aromatic heterocycles. The first-order valence-corrected chi connectivity index (χ1v) is 9.08. The van der Waals surface area contributed by atoms with Gasteiger partial charge in [-0.2, -0.15) is 0 Å². The summed E-state index contributed by atoms with van der Waals surface area (Å²) in [4.78, 5) is 32.3. The van der Waals surface area contributed by atoms with Gasteiger partial charge in [0.05, 0.1) is 0 Å². The monoisotopic (exact) mass is 366 g/mol. The molecule has 27 heavy (non-hydrogen) atoms. The molecular formula is C24H30O3. The van der Waals surface area contributed by atoms with Crippen molar-refractivity contribution in [3.05, 3.63) is 70.8 Å². The highest BCUT2D eigenvalue weighted by molar-refractivity contribution is 6.33. The zero-order valence-corrected chi connectivity index (χ0v) is 17.4. The molecule has 0 bridgehead atoms. The van der Waals surface area contributed by atoms with Crippen molar-refractivity contribution in [1.82, 2.24) is 0 Å². The number of Topliss-reactive ketones (excluding diaryl/α,β-unsaturated/α-hetero) is 2. The molecule has 2 aromatic rings. The third kappa shape index (κ3) is 6.93. The van der Waals surface area contributed by atoms with Crippen LogP contribution in [-0.2, 0) is 15.6 Å². The van der Waals surface area contributed by atoms with Crippen LogP contribution in [0.15, 0.2) is 48.5 Å². The van der Waals surface area contributed by atoms with Gasteiger partial charge in [-0.15, -0.1) is 0 Å². The molecule has 0 radical (unpaired) electrons. The van der Waals surface area contributed by atoms with Crippen LogP contribution < -0.4 is 0 Å². The Hall–Kier alpha value is -2.55. The normalized spacial score (nSPS) is 11.2. The Morgan fingerprint density at radius 3 is 1.26 bits per heavy atom. The molecule has 0 fully saturated rings. The van der Waals surface area contributed by atoms with E-state index < -0.39 is 5.78 Å². The van der Waals surface area contributed by atoms with Crippen molar-refractivity contribution in [3.8, 4) is 0 Å². The Morgan fingerprint density at radius 1 is 0.667 bits per heavy atom. The van der Waals surface area contributed by atoms with Gasteiger partial charge in [0.2, 0.25) is 5.78 Å². The van der Waals surface area contributed by atoms with Crippen LogP contribution in [0.3, 0.4) is 0 Å². The Morgan fingerprint density at radius 2 is 1.00 bits per heavy atom. The smallest absolute Gasteiger partial charge is 0.225 e. The molecule has 0 saturated heterocycles. The Bertz CT molecular complexity index is 784. The minimum absolute atomic E-state index is 0.0722. The lowest BCUT2D eigenvalue weighted by Gasteiger charge is -2.18. The van der Waals surface area contributed by atoms with Gasteiger partial charge in [-0.1, -0.05) is 90.1 Å². The van der Waals surface area contributed by atoms with Crippen LogP contribution in [0.2, 0.25) is 0 Å². The third-order valence-corrected chi connectivity index (χ3v) is 4.30. The SMILES string of the molecule is CC(=O)c1ccc(C(C)(C)C)cc1.CC(C)(C)c1ccc(C(=O)C=O)cc1. The van der Waals surface area contributed by atoms with Gasteiger partial charge < -0.3 is 0 Å². The number of benzene rings is 2. The Balaban J connectivity index is 0.000000271. The molecular weight excluding hydrogens is 336 g/mol. The van der Waals surface area contributed by atoms with Crippen LogP contribution >= 0.6 is 0 Å². The minimum atomic E-state index is -0.467. The van der Waals surface area contributed by atoms with Gasteiger partial charge in [-0.25, -0.2) is 0 Å². The molecule has 0 aliphatic heterocycles. The lowest BCUT2D eigenvalue weighted by molar-refractivity contribution is -0.104. The molecule has 0 aliphatic carbocycles. The molecule has 2 aromatic carbocycles. The minimum Gasteiger partial charge on any atom is -0.295 e. The summed E-state index contributed by atoms with van der Waals surface area (Å²) >= 11 is 0. The highest BCUT2D eigenvalue weighted by atomic mass is 16.2. The van der Waals surface area contributed by atoms with E-state index in [-0.39, 0.29) is 16.6 Å². The summed E-state index contributed by atoms with van der Waals surface area (Å²) in [5.41, 5.74) is 3.89. The van der Waals surface area contributed by atoms with Gasteiger partial charge in [-0.3, -0.25) is 14.4 Å². The van der Waals surface area contributed by atoms with Crippen LogP contribution in [0.25, 0.3) is 0 Å². The molecule has 144 valence electrons. The van der Waals surface area contributed by atoms with Gasteiger partial charge in [-0.05, 0) is 28.9 Å². The topological polar surface area (TPSA) is 51.2 Å². The summed E-state index contributed by atoms with van der Waals surface area (Å²) in [5.74, 6) is -0.342. The van der Waals surface area contributed by atoms with E-state index in [1.165, 1.54) is 5.56 Å². The van der Waals surface area contributed by atoms with E-state index in [4.69, 9.17) is 0 Å². The average molecular weight is 367 g/mol. The van der Waals surface area contributed by atoms with E-state index in [1.54, 1.807) is 19.1 Å². The largest absolute Gasteiger partial charge is 0.295 e. The number of ketones is 2. The van der Waals surface area contributed by atoms with Crippen LogP contribution in [-0.4, -0.2) is 17.9 Å². The first-order valence-electron chi connectivity index (χ1n) is 9.08. The second-order valence-corrected chi connectivity index (χ2v) is 8.69. The maximum absolute atomic E-state index is 11.0.